The molecule has 1 fully saturated rings. The Hall–Kier alpha value is -4.09. The Labute approximate surface area is 212 Å². The van der Waals surface area contributed by atoms with Crippen LogP contribution in [0.1, 0.15) is 25.0 Å². The number of aromatic nitrogens is 2. The summed E-state index contributed by atoms with van der Waals surface area (Å²) in [5.74, 6) is -6.82. The molecule has 37 heavy (non-hydrogen) atoms. The highest BCUT2D eigenvalue weighted by atomic mass is 16.3. The van der Waals surface area contributed by atoms with E-state index in [1.54, 1.807) is 32.6 Å². The molecule has 1 saturated carbocycles. The fourth-order valence-corrected chi connectivity index (χ4v) is 5.95. The predicted octanol–water partition coefficient (Wildman–Crippen LogP) is 1.06. The number of benzene rings is 1. The lowest BCUT2D eigenvalue weighted by Crippen LogP contribution is -2.65. The number of phenolic OH excluding ortho intramolecular Hbond substituents is 1. The third-order valence-electron chi connectivity index (χ3n) is 7.48. The largest absolute Gasteiger partial charge is 0.508 e. The molecule has 0 aliphatic heterocycles. The molecule has 194 valence electrons. The van der Waals surface area contributed by atoms with Crippen molar-refractivity contribution in [2.24, 2.45) is 17.6 Å². The lowest BCUT2D eigenvalue weighted by molar-refractivity contribution is -0.153. The number of hydrogen-bond acceptors (Lipinski definition) is 10. The number of phenols is 1. The van der Waals surface area contributed by atoms with Gasteiger partial charge in [0.25, 0.3) is 5.91 Å². The van der Waals surface area contributed by atoms with E-state index in [1.807, 2.05) is 0 Å². The fourth-order valence-electron chi connectivity index (χ4n) is 5.95. The molecule has 1 heterocycles. The second-order valence-corrected chi connectivity index (χ2v) is 9.57. The van der Waals surface area contributed by atoms with Gasteiger partial charge in [0.15, 0.2) is 11.4 Å². The third kappa shape index (κ3) is 3.45. The Kier molecular flexibility index (Phi) is 6.17. The number of nitrogens with two attached hydrogens (primary N) is 1. The second-order valence-electron chi connectivity index (χ2n) is 9.57. The summed E-state index contributed by atoms with van der Waals surface area (Å²) in [6, 6.07) is 1.90. The van der Waals surface area contributed by atoms with E-state index in [0.717, 1.165) is 0 Å². The zero-order valence-electron chi connectivity index (χ0n) is 19.5. The van der Waals surface area contributed by atoms with E-state index in [1.165, 1.54) is 17.3 Å². The molecular weight excluding hydrogens is 480 g/mol. The maximum absolute atomic E-state index is 13.8. The van der Waals surface area contributed by atoms with Crippen molar-refractivity contribution in [1.82, 2.24) is 14.9 Å². The highest BCUT2D eigenvalue weighted by Gasteiger charge is 2.64. The Morgan fingerprint density at radius 2 is 1.78 bits per heavy atom. The first-order valence-electron chi connectivity index (χ1n) is 11.2. The molecule has 1 aromatic heterocycles. The van der Waals surface area contributed by atoms with Crippen molar-refractivity contribution in [3.05, 3.63) is 58.9 Å². The number of ketones is 2. The van der Waals surface area contributed by atoms with Gasteiger partial charge in [-0.05, 0) is 50.0 Å². The molecule has 11 heteroatoms. The van der Waals surface area contributed by atoms with Crippen molar-refractivity contribution < 1.29 is 34.8 Å². The number of Topliss-reactive ketones (excluding diaryl/α,β-unsaturated/α-hetero) is 2. The molecule has 1 amide bonds. The molecule has 3 aliphatic rings. The number of carbonyl (C=O) groups excluding carboxylic acids is 3. The van der Waals surface area contributed by atoms with Crippen molar-refractivity contribution in [2.75, 3.05) is 14.1 Å². The minimum absolute atomic E-state index is 0. The van der Waals surface area contributed by atoms with E-state index in [4.69, 9.17) is 5.73 Å². The molecule has 4 atom stereocenters. The van der Waals surface area contributed by atoms with E-state index in [2.05, 4.69) is 9.97 Å². The van der Waals surface area contributed by atoms with Gasteiger partial charge in [-0.25, -0.2) is 9.97 Å². The Balaban J connectivity index is 0.00000320. The molecule has 0 unspecified atom stereocenters. The SMILES string of the molecule is C.CN(C)[C@@H]1C(=O)C(C(N)=O)=C(O)[C@@]2(O)C(=O)C3=C(O)c4c(O)ccc(-c5cncnc5)c4C[C@H]3C[C@@H]12. The standard InChI is InChI=1S/C25H24N4O7.CH4/c1-29(2)19-14-6-10-5-13-12(11-7-27-9-28-8-11)3-4-15(30)17(13)20(31)16(10)22(33)25(14,36)23(34)18(21(19)32)24(26)35;/h3-4,7-10,14,19,30-31,34,36H,5-6H2,1-2H3,(H2,26,35);1H4/t10-,14-,19-,25-;/m0./s1. The van der Waals surface area contributed by atoms with Gasteiger partial charge >= 0.3 is 0 Å². The summed E-state index contributed by atoms with van der Waals surface area (Å²) in [5, 5.41) is 44.4. The van der Waals surface area contributed by atoms with Crippen LogP contribution in [-0.2, 0) is 20.8 Å². The van der Waals surface area contributed by atoms with Gasteiger partial charge in [0.2, 0.25) is 5.78 Å². The first kappa shape index (κ1) is 26.0. The molecule has 0 radical (unpaired) electrons. The molecule has 0 bridgehead atoms. The smallest absolute Gasteiger partial charge is 0.255 e. The average Bonchev–Trinajstić information content (AvgIpc) is 2.81. The molecule has 5 rings (SSSR count). The number of primary amides is 1. The quantitative estimate of drug-likeness (QED) is 0.375. The highest BCUT2D eigenvalue weighted by Crippen LogP contribution is 2.53. The van der Waals surface area contributed by atoms with Crippen LogP contribution in [-0.4, -0.2) is 78.5 Å². The number of aromatic hydroxyl groups is 1. The molecule has 11 nitrogen and oxygen atoms in total. The van der Waals surface area contributed by atoms with Crippen molar-refractivity contribution in [3.8, 4) is 16.9 Å². The summed E-state index contributed by atoms with van der Waals surface area (Å²) in [7, 11) is 3.11. The molecule has 3 aliphatic carbocycles. The van der Waals surface area contributed by atoms with Gasteiger partial charge < -0.3 is 26.2 Å². The highest BCUT2D eigenvalue weighted by molar-refractivity contribution is 6.24. The van der Waals surface area contributed by atoms with Gasteiger partial charge in [0.1, 0.15) is 29.2 Å². The third-order valence-corrected chi connectivity index (χ3v) is 7.48. The maximum atomic E-state index is 13.8. The Bertz CT molecular complexity index is 1400. The number of aliphatic hydroxyl groups is 3. The van der Waals surface area contributed by atoms with Crippen LogP contribution in [0.4, 0.5) is 0 Å². The lowest BCUT2D eigenvalue weighted by Gasteiger charge is -2.50. The number of nitrogens with zero attached hydrogens (tertiary/aromatic N) is 3. The Morgan fingerprint density at radius 3 is 2.38 bits per heavy atom. The van der Waals surface area contributed by atoms with Crippen LogP contribution in [0.3, 0.4) is 0 Å². The molecule has 0 spiro atoms. The number of aliphatic hydroxyl groups excluding tert-OH is 2. The lowest BCUT2D eigenvalue weighted by atomic mass is 9.57. The predicted molar refractivity (Wildman–Crippen MR) is 132 cm³/mol. The summed E-state index contributed by atoms with van der Waals surface area (Å²) >= 11 is 0. The van der Waals surface area contributed by atoms with Crippen LogP contribution in [0.15, 0.2) is 47.8 Å². The topological polar surface area (TPSA) is 187 Å². The van der Waals surface area contributed by atoms with Gasteiger partial charge in [-0.1, -0.05) is 13.5 Å². The molecule has 0 saturated heterocycles. The van der Waals surface area contributed by atoms with Crippen LogP contribution in [0, 0.1) is 11.8 Å². The number of amides is 1. The van der Waals surface area contributed by atoms with E-state index in [-0.39, 0.29) is 37.2 Å². The monoisotopic (exact) mass is 508 g/mol. The van der Waals surface area contributed by atoms with E-state index >= 15 is 0 Å². The summed E-state index contributed by atoms with van der Waals surface area (Å²) in [6.07, 6.45) is 4.74. The fraction of sp³-hybridized carbons (Fsp3) is 0.346. The normalized spacial score (nSPS) is 26.9. The summed E-state index contributed by atoms with van der Waals surface area (Å²) in [5.41, 5.74) is 3.48. The summed E-state index contributed by atoms with van der Waals surface area (Å²) in [4.78, 5) is 48.5. The van der Waals surface area contributed by atoms with E-state index < -0.39 is 58.0 Å². The van der Waals surface area contributed by atoms with Crippen LogP contribution in [0.25, 0.3) is 16.9 Å². The average molecular weight is 509 g/mol. The molecule has 1 aromatic carbocycles. The zero-order valence-corrected chi connectivity index (χ0v) is 19.5. The minimum atomic E-state index is -2.66. The van der Waals surface area contributed by atoms with Crippen molar-refractivity contribution in [3.63, 3.8) is 0 Å². The van der Waals surface area contributed by atoms with Gasteiger partial charge in [0.05, 0.1) is 11.6 Å². The number of carbonyl (C=O) groups is 3. The number of fused-ring (bicyclic) bond motifs is 3. The Morgan fingerprint density at radius 1 is 1.14 bits per heavy atom. The van der Waals surface area contributed by atoms with Crippen LogP contribution in [0.2, 0.25) is 0 Å². The van der Waals surface area contributed by atoms with Crippen LogP contribution in [0.5, 0.6) is 5.75 Å². The number of likely N-dealkylation sites (N-methyl/N-ethyl adjacent to an activating group) is 1. The molecule has 2 aromatic rings. The van der Waals surface area contributed by atoms with Crippen LogP contribution < -0.4 is 5.73 Å². The van der Waals surface area contributed by atoms with Gasteiger partial charge in [0, 0.05) is 29.4 Å². The maximum Gasteiger partial charge on any atom is 0.255 e. The second kappa shape index (κ2) is 8.79. The molecular formula is C26H28N4O7. The van der Waals surface area contributed by atoms with E-state index in [9.17, 15) is 34.8 Å². The minimum Gasteiger partial charge on any atom is -0.508 e. The number of rotatable bonds is 3. The summed E-state index contributed by atoms with van der Waals surface area (Å²) in [6.45, 7) is 0. The zero-order chi connectivity index (χ0) is 26.1. The van der Waals surface area contributed by atoms with Crippen molar-refractivity contribution >= 4 is 23.2 Å². The first-order valence-corrected chi connectivity index (χ1v) is 11.2. The number of hydrogen-bond donors (Lipinski definition) is 5. The summed E-state index contributed by atoms with van der Waals surface area (Å²) < 4.78 is 0. The van der Waals surface area contributed by atoms with Crippen molar-refractivity contribution in [1.29, 1.82) is 0 Å². The first-order chi connectivity index (χ1) is 17.0. The van der Waals surface area contributed by atoms with Gasteiger partial charge in [-0.3, -0.25) is 19.3 Å². The van der Waals surface area contributed by atoms with Gasteiger partial charge in [-0.15, -0.1) is 0 Å². The van der Waals surface area contributed by atoms with Crippen LogP contribution >= 0.6 is 0 Å². The van der Waals surface area contributed by atoms with Gasteiger partial charge in [-0.2, -0.15) is 0 Å². The van der Waals surface area contributed by atoms with Crippen molar-refractivity contribution in [2.45, 2.75) is 31.9 Å². The molecule has 6 N–H and O–H groups in total. The van der Waals surface area contributed by atoms with E-state index in [0.29, 0.717) is 16.7 Å².